The lowest BCUT2D eigenvalue weighted by Gasteiger charge is -2.03. The van der Waals surface area contributed by atoms with E-state index in [-0.39, 0.29) is 18.2 Å². The van der Waals surface area contributed by atoms with Gasteiger partial charge in [-0.3, -0.25) is 9.59 Å². The number of ketones is 2. The van der Waals surface area contributed by atoms with Crippen LogP contribution in [0.4, 0.5) is 0 Å². The summed E-state index contributed by atoms with van der Waals surface area (Å²) >= 11 is 1.37. The van der Waals surface area contributed by atoms with E-state index in [1.54, 1.807) is 13.8 Å². The molecule has 0 saturated carbocycles. The molecule has 0 saturated heterocycles. The normalized spacial score (nSPS) is 10.7. The minimum atomic E-state index is -0.496. The Labute approximate surface area is 145 Å². The molecule has 0 aliphatic rings. The number of aromatic amines is 1. The van der Waals surface area contributed by atoms with Gasteiger partial charge in [0.25, 0.3) is 0 Å². The quantitative estimate of drug-likeness (QED) is 0.637. The zero-order valence-electron chi connectivity index (χ0n) is 14.5. The largest absolute Gasteiger partial charge is 0.453 e. The first-order valence-corrected chi connectivity index (χ1v) is 8.57. The van der Waals surface area contributed by atoms with Crippen LogP contribution < -0.4 is 0 Å². The first-order chi connectivity index (χ1) is 11.3. The summed E-state index contributed by atoms with van der Waals surface area (Å²) in [6.07, 6.45) is 0.851. The van der Waals surface area contributed by atoms with Crippen LogP contribution in [0.1, 0.15) is 66.1 Å². The van der Waals surface area contributed by atoms with Gasteiger partial charge in [-0.25, -0.2) is 4.79 Å². The van der Waals surface area contributed by atoms with Crippen molar-refractivity contribution in [3.63, 3.8) is 0 Å². The topological polar surface area (TPSA) is 76.2 Å². The molecule has 2 rings (SSSR count). The smallest absolute Gasteiger partial charge is 0.348 e. The molecule has 0 atom stereocenters. The Morgan fingerprint density at radius 3 is 2.38 bits per heavy atom. The van der Waals surface area contributed by atoms with Gasteiger partial charge in [-0.1, -0.05) is 6.92 Å². The molecule has 2 heterocycles. The van der Waals surface area contributed by atoms with Crippen molar-refractivity contribution >= 4 is 28.9 Å². The van der Waals surface area contributed by atoms with Crippen molar-refractivity contribution in [2.24, 2.45) is 0 Å². The van der Waals surface area contributed by atoms with E-state index in [0.717, 1.165) is 16.9 Å². The average Bonchev–Trinajstić information content (AvgIpc) is 3.04. The second-order valence-electron chi connectivity index (χ2n) is 5.73. The monoisotopic (exact) mass is 347 g/mol. The Morgan fingerprint density at radius 2 is 1.88 bits per heavy atom. The fourth-order valence-electron chi connectivity index (χ4n) is 2.80. The van der Waals surface area contributed by atoms with Gasteiger partial charge in [0.1, 0.15) is 4.88 Å². The molecule has 0 amide bonds. The van der Waals surface area contributed by atoms with Crippen LogP contribution in [0.3, 0.4) is 0 Å². The average molecular weight is 347 g/mol. The number of H-pyrrole nitrogens is 1. The molecular formula is C18H21NO4S. The van der Waals surface area contributed by atoms with E-state index in [9.17, 15) is 14.4 Å². The molecule has 0 radical (unpaired) electrons. The molecule has 0 spiro atoms. The maximum atomic E-state index is 12.3. The van der Waals surface area contributed by atoms with Crippen molar-refractivity contribution in [2.45, 2.75) is 41.0 Å². The molecule has 0 bridgehead atoms. The van der Waals surface area contributed by atoms with Crippen molar-refractivity contribution in [1.29, 1.82) is 0 Å². The third-order valence-electron chi connectivity index (χ3n) is 4.01. The van der Waals surface area contributed by atoms with Gasteiger partial charge in [-0.2, -0.15) is 0 Å². The Hall–Kier alpha value is -2.21. The number of hydrogen-bond donors (Lipinski definition) is 1. The Morgan fingerprint density at radius 1 is 1.21 bits per heavy atom. The van der Waals surface area contributed by atoms with Crippen molar-refractivity contribution < 1.29 is 19.1 Å². The predicted molar refractivity (Wildman–Crippen MR) is 93.3 cm³/mol. The molecule has 2 aromatic rings. The molecule has 128 valence electrons. The summed E-state index contributed by atoms with van der Waals surface area (Å²) in [4.78, 5) is 40.5. The van der Waals surface area contributed by atoms with Gasteiger partial charge in [0, 0.05) is 16.1 Å². The van der Waals surface area contributed by atoms with Crippen molar-refractivity contribution in [2.75, 3.05) is 6.61 Å². The van der Waals surface area contributed by atoms with E-state index in [1.807, 2.05) is 19.9 Å². The molecule has 0 fully saturated rings. The summed E-state index contributed by atoms with van der Waals surface area (Å²) in [6, 6.07) is 1.81. The number of aromatic nitrogens is 1. The maximum Gasteiger partial charge on any atom is 0.348 e. The zero-order chi connectivity index (χ0) is 18.0. The molecular weight excluding hydrogens is 326 g/mol. The number of rotatable bonds is 6. The van der Waals surface area contributed by atoms with Gasteiger partial charge >= 0.3 is 5.97 Å². The summed E-state index contributed by atoms with van der Waals surface area (Å²) in [5.41, 5.74) is 3.20. The highest BCUT2D eigenvalue weighted by molar-refractivity contribution is 7.14. The molecule has 0 aromatic carbocycles. The molecule has 0 aliphatic heterocycles. The first kappa shape index (κ1) is 18.1. The molecule has 1 N–H and O–H groups in total. The number of ether oxygens (including phenoxy) is 1. The maximum absolute atomic E-state index is 12.3. The molecule has 0 aliphatic carbocycles. The van der Waals surface area contributed by atoms with E-state index in [2.05, 4.69) is 4.98 Å². The van der Waals surface area contributed by atoms with Crippen LogP contribution in [0, 0.1) is 20.8 Å². The Bertz CT molecular complexity index is 813. The second kappa shape index (κ2) is 7.13. The van der Waals surface area contributed by atoms with Crippen molar-refractivity contribution in [1.82, 2.24) is 4.98 Å². The number of nitrogens with one attached hydrogen (secondary N) is 1. The van der Waals surface area contributed by atoms with Crippen LogP contribution in [0.25, 0.3) is 0 Å². The minimum Gasteiger partial charge on any atom is -0.453 e. The SMILES string of the molecule is CCc1cc(C(=O)OCC(=O)c2[nH]c(C)c(C(C)=O)c2C)sc1C. The highest BCUT2D eigenvalue weighted by Gasteiger charge is 2.21. The molecule has 0 unspecified atom stereocenters. The lowest BCUT2D eigenvalue weighted by Crippen LogP contribution is -2.15. The summed E-state index contributed by atoms with van der Waals surface area (Å²) in [6.45, 7) is 8.55. The fourth-order valence-corrected chi connectivity index (χ4v) is 3.81. The van der Waals surface area contributed by atoms with Crippen LogP contribution >= 0.6 is 11.3 Å². The first-order valence-electron chi connectivity index (χ1n) is 7.75. The number of thiophene rings is 1. The van der Waals surface area contributed by atoms with Gasteiger partial charge in [0.15, 0.2) is 12.4 Å². The predicted octanol–water partition coefficient (Wildman–Crippen LogP) is 3.81. The van der Waals surface area contributed by atoms with Gasteiger partial charge in [0.05, 0.1) is 5.69 Å². The standard InChI is InChI=1S/C18H21NO4S/c1-6-13-7-15(24-12(13)5)18(22)23-8-14(21)17-9(2)16(11(4)20)10(3)19-17/h7,19H,6,8H2,1-5H3. The van der Waals surface area contributed by atoms with Crippen molar-refractivity contribution in [3.05, 3.63) is 43.9 Å². The molecule has 24 heavy (non-hydrogen) atoms. The van der Waals surface area contributed by atoms with Crippen molar-refractivity contribution in [3.8, 4) is 0 Å². The van der Waals surface area contributed by atoms with Gasteiger partial charge < -0.3 is 9.72 Å². The summed E-state index contributed by atoms with van der Waals surface area (Å²) in [5.74, 6) is -0.942. The van der Waals surface area contributed by atoms with Gasteiger partial charge in [-0.05, 0) is 51.3 Å². The van der Waals surface area contributed by atoms with Crippen LogP contribution in [0.2, 0.25) is 0 Å². The molecule has 5 nitrogen and oxygen atoms in total. The summed E-state index contributed by atoms with van der Waals surface area (Å²) in [7, 11) is 0. The van der Waals surface area contributed by atoms with E-state index in [1.165, 1.54) is 18.3 Å². The van der Waals surface area contributed by atoms with Crippen LogP contribution in [0.5, 0.6) is 0 Å². The fraction of sp³-hybridized carbons (Fsp3) is 0.389. The number of esters is 1. The number of carbonyl (C=O) groups is 3. The third-order valence-corrected chi connectivity index (χ3v) is 5.08. The Kier molecular flexibility index (Phi) is 5.39. The summed E-state index contributed by atoms with van der Waals surface area (Å²) in [5, 5.41) is 0. The number of carbonyl (C=O) groups excluding carboxylic acids is 3. The van der Waals surface area contributed by atoms with E-state index in [0.29, 0.717) is 27.4 Å². The highest BCUT2D eigenvalue weighted by atomic mass is 32.1. The lowest BCUT2D eigenvalue weighted by atomic mass is 10.1. The third kappa shape index (κ3) is 3.48. The number of hydrogen-bond acceptors (Lipinski definition) is 5. The van der Waals surface area contributed by atoms with Crippen LogP contribution in [0.15, 0.2) is 6.07 Å². The Balaban J connectivity index is 2.09. The van der Waals surface area contributed by atoms with E-state index < -0.39 is 5.97 Å². The highest BCUT2D eigenvalue weighted by Crippen LogP contribution is 2.23. The van der Waals surface area contributed by atoms with Crippen LogP contribution in [-0.2, 0) is 11.2 Å². The van der Waals surface area contributed by atoms with Gasteiger partial charge in [0.2, 0.25) is 5.78 Å². The van der Waals surface area contributed by atoms with Crippen LogP contribution in [-0.4, -0.2) is 29.1 Å². The number of Topliss-reactive ketones (excluding diaryl/α,β-unsaturated/α-hetero) is 2. The zero-order valence-corrected chi connectivity index (χ0v) is 15.3. The van der Waals surface area contributed by atoms with Gasteiger partial charge in [-0.15, -0.1) is 11.3 Å². The van der Waals surface area contributed by atoms with E-state index >= 15 is 0 Å². The lowest BCUT2D eigenvalue weighted by molar-refractivity contribution is 0.0478. The minimum absolute atomic E-state index is 0.0987. The second-order valence-corrected chi connectivity index (χ2v) is 6.98. The molecule has 2 aromatic heterocycles. The number of aryl methyl sites for hydroxylation is 3. The summed E-state index contributed by atoms with van der Waals surface area (Å²) < 4.78 is 5.14. The van der Waals surface area contributed by atoms with E-state index in [4.69, 9.17) is 4.74 Å². The molecule has 6 heteroatoms.